The zero-order valence-corrected chi connectivity index (χ0v) is 10.4. The summed E-state index contributed by atoms with van der Waals surface area (Å²) in [6, 6.07) is 10.9. The minimum Gasteiger partial charge on any atom is -0.394 e. The van der Waals surface area contributed by atoms with Gasteiger partial charge in [-0.05, 0) is 18.1 Å². The van der Waals surface area contributed by atoms with E-state index in [1.165, 1.54) is 18.6 Å². The molecule has 0 radical (unpaired) electrons. The van der Waals surface area contributed by atoms with Gasteiger partial charge in [0.25, 0.3) is 5.91 Å². The lowest BCUT2D eigenvalue weighted by Gasteiger charge is -2.16. The molecular weight excluding hydrogens is 242 g/mol. The normalized spacial score (nSPS) is 11.8. The number of benzene rings is 1. The van der Waals surface area contributed by atoms with E-state index in [-0.39, 0.29) is 18.6 Å². The van der Waals surface area contributed by atoms with Crippen LogP contribution in [0.4, 0.5) is 0 Å². The number of aliphatic hydroxyl groups excluding tert-OH is 1. The number of hydrogen-bond acceptors (Lipinski definition) is 4. The summed E-state index contributed by atoms with van der Waals surface area (Å²) in [7, 11) is 0. The van der Waals surface area contributed by atoms with Gasteiger partial charge in [-0.3, -0.25) is 4.79 Å². The summed E-state index contributed by atoms with van der Waals surface area (Å²) < 4.78 is 0. The number of nitrogens with one attached hydrogen (secondary N) is 1. The summed E-state index contributed by atoms with van der Waals surface area (Å²) in [6.07, 6.45) is 3.40. The van der Waals surface area contributed by atoms with Gasteiger partial charge in [-0.15, -0.1) is 0 Å². The topological polar surface area (TPSA) is 75.1 Å². The lowest BCUT2D eigenvalue weighted by molar-refractivity contribution is 0.0911. The van der Waals surface area contributed by atoms with Gasteiger partial charge in [0.1, 0.15) is 12.0 Å². The molecule has 1 amide bonds. The van der Waals surface area contributed by atoms with Crippen molar-refractivity contribution in [2.24, 2.45) is 0 Å². The Kier molecular flexibility index (Phi) is 4.58. The quantitative estimate of drug-likeness (QED) is 0.831. The van der Waals surface area contributed by atoms with Crippen LogP contribution in [-0.4, -0.2) is 33.6 Å². The van der Waals surface area contributed by atoms with E-state index in [0.29, 0.717) is 12.1 Å². The second-order valence-electron chi connectivity index (χ2n) is 4.14. The highest BCUT2D eigenvalue weighted by molar-refractivity contribution is 5.92. The number of hydrogen-bond donors (Lipinski definition) is 2. The van der Waals surface area contributed by atoms with E-state index in [0.717, 1.165) is 5.56 Å². The molecule has 0 aliphatic rings. The average molecular weight is 257 g/mol. The van der Waals surface area contributed by atoms with Crippen molar-refractivity contribution in [3.8, 4) is 0 Å². The van der Waals surface area contributed by atoms with Gasteiger partial charge in [-0.25, -0.2) is 9.97 Å². The van der Waals surface area contributed by atoms with E-state index >= 15 is 0 Å². The Morgan fingerprint density at radius 1 is 1.26 bits per heavy atom. The van der Waals surface area contributed by atoms with Crippen LogP contribution < -0.4 is 5.32 Å². The highest BCUT2D eigenvalue weighted by Crippen LogP contribution is 2.03. The lowest BCUT2D eigenvalue weighted by Crippen LogP contribution is -2.39. The molecule has 1 aromatic carbocycles. The third-order valence-electron chi connectivity index (χ3n) is 2.70. The molecule has 0 aliphatic heterocycles. The molecular formula is C14H15N3O2. The van der Waals surface area contributed by atoms with Crippen LogP contribution in [0.5, 0.6) is 0 Å². The largest absolute Gasteiger partial charge is 0.394 e. The first-order valence-corrected chi connectivity index (χ1v) is 6.01. The Morgan fingerprint density at radius 3 is 2.68 bits per heavy atom. The molecule has 5 nitrogen and oxygen atoms in total. The van der Waals surface area contributed by atoms with Crippen molar-refractivity contribution >= 4 is 5.91 Å². The molecule has 2 N–H and O–H groups in total. The number of nitrogens with zero attached hydrogens (tertiary/aromatic N) is 2. The number of rotatable bonds is 5. The first-order chi connectivity index (χ1) is 9.29. The Hall–Kier alpha value is -2.27. The van der Waals surface area contributed by atoms with Gasteiger partial charge in [0.15, 0.2) is 0 Å². The van der Waals surface area contributed by atoms with Crippen LogP contribution in [0.2, 0.25) is 0 Å². The van der Waals surface area contributed by atoms with Crippen molar-refractivity contribution in [2.45, 2.75) is 12.5 Å². The Balaban J connectivity index is 1.98. The zero-order chi connectivity index (χ0) is 13.5. The second kappa shape index (κ2) is 6.61. The monoisotopic (exact) mass is 257 g/mol. The standard InChI is InChI=1S/C14H15N3O2/c18-9-12(8-11-4-2-1-3-5-11)17-14(19)13-6-7-15-10-16-13/h1-7,10,12,18H,8-9H2,(H,17,19). The Morgan fingerprint density at radius 2 is 2.05 bits per heavy atom. The van der Waals surface area contributed by atoms with Crippen molar-refractivity contribution in [3.05, 3.63) is 60.2 Å². The summed E-state index contributed by atoms with van der Waals surface area (Å²) in [6.45, 7) is -0.119. The van der Waals surface area contributed by atoms with E-state index in [4.69, 9.17) is 0 Å². The molecule has 0 aliphatic carbocycles. The zero-order valence-electron chi connectivity index (χ0n) is 10.4. The summed E-state index contributed by atoms with van der Waals surface area (Å²) in [4.78, 5) is 19.5. The van der Waals surface area contributed by atoms with E-state index in [9.17, 15) is 9.90 Å². The molecule has 2 aromatic rings. The van der Waals surface area contributed by atoms with Crippen molar-refractivity contribution in [2.75, 3.05) is 6.61 Å². The number of carbonyl (C=O) groups is 1. The lowest BCUT2D eigenvalue weighted by atomic mass is 10.1. The van der Waals surface area contributed by atoms with Crippen molar-refractivity contribution in [1.82, 2.24) is 15.3 Å². The maximum atomic E-state index is 11.9. The molecule has 0 saturated heterocycles. The fraction of sp³-hybridized carbons (Fsp3) is 0.214. The van der Waals surface area contributed by atoms with Crippen LogP contribution in [0.3, 0.4) is 0 Å². The van der Waals surface area contributed by atoms with Crippen LogP contribution in [-0.2, 0) is 6.42 Å². The molecule has 0 fully saturated rings. The third-order valence-corrected chi connectivity index (χ3v) is 2.70. The van der Waals surface area contributed by atoms with Crippen molar-refractivity contribution < 1.29 is 9.90 Å². The molecule has 0 spiro atoms. The Labute approximate surface area is 111 Å². The van der Waals surface area contributed by atoms with E-state index in [1.807, 2.05) is 30.3 Å². The van der Waals surface area contributed by atoms with Crippen molar-refractivity contribution in [3.63, 3.8) is 0 Å². The maximum absolute atomic E-state index is 11.9. The highest BCUT2D eigenvalue weighted by atomic mass is 16.3. The molecule has 19 heavy (non-hydrogen) atoms. The molecule has 0 bridgehead atoms. The molecule has 1 atom stereocenters. The highest BCUT2D eigenvalue weighted by Gasteiger charge is 2.14. The van der Waals surface area contributed by atoms with Gasteiger partial charge >= 0.3 is 0 Å². The van der Waals surface area contributed by atoms with Gasteiger partial charge in [0.2, 0.25) is 0 Å². The van der Waals surface area contributed by atoms with Crippen LogP contribution in [0.1, 0.15) is 16.1 Å². The summed E-state index contributed by atoms with van der Waals surface area (Å²) in [5.74, 6) is -0.308. The second-order valence-corrected chi connectivity index (χ2v) is 4.14. The average Bonchev–Trinajstić information content (AvgIpc) is 2.48. The third kappa shape index (κ3) is 3.86. The fourth-order valence-electron chi connectivity index (χ4n) is 1.74. The maximum Gasteiger partial charge on any atom is 0.270 e. The molecule has 0 saturated carbocycles. The summed E-state index contributed by atoms with van der Waals surface area (Å²) in [5.41, 5.74) is 1.35. The smallest absolute Gasteiger partial charge is 0.270 e. The van der Waals surface area contributed by atoms with E-state index in [1.54, 1.807) is 0 Å². The van der Waals surface area contributed by atoms with Gasteiger partial charge in [0.05, 0.1) is 12.6 Å². The number of aromatic nitrogens is 2. The van der Waals surface area contributed by atoms with Crippen LogP contribution in [0.15, 0.2) is 48.9 Å². The fourth-order valence-corrected chi connectivity index (χ4v) is 1.74. The van der Waals surface area contributed by atoms with Crippen LogP contribution in [0.25, 0.3) is 0 Å². The summed E-state index contributed by atoms with van der Waals surface area (Å²) in [5, 5.41) is 12.1. The predicted molar refractivity (Wildman–Crippen MR) is 70.5 cm³/mol. The minimum absolute atomic E-state index is 0.119. The van der Waals surface area contributed by atoms with Crippen LogP contribution in [0, 0.1) is 0 Å². The summed E-state index contributed by atoms with van der Waals surface area (Å²) >= 11 is 0. The predicted octanol–water partition coefficient (Wildman–Crippen LogP) is 0.810. The number of amides is 1. The van der Waals surface area contributed by atoms with Gasteiger partial charge in [0, 0.05) is 6.20 Å². The van der Waals surface area contributed by atoms with Gasteiger partial charge in [-0.1, -0.05) is 30.3 Å². The molecule has 5 heteroatoms. The first kappa shape index (κ1) is 13.2. The molecule has 1 heterocycles. The number of carbonyl (C=O) groups excluding carboxylic acids is 1. The first-order valence-electron chi connectivity index (χ1n) is 6.01. The van der Waals surface area contributed by atoms with Crippen LogP contribution >= 0.6 is 0 Å². The minimum atomic E-state index is -0.329. The molecule has 1 aromatic heterocycles. The molecule has 1 unspecified atom stereocenters. The van der Waals surface area contributed by atoms with E-state index < -0.39 is 0 Å². The molecule has 2 rings (SSSR count). The SMILES string of the molecule is O=C(NC(CO)Cc1ccccc1)c1ccncn1. The van der Waals surface area contributed by atoms with Gasteiger partial charge < -0.3 is 10.4 Å². The number of aliphatic hydroxyl groups is 1. The molecule has 98 valence electrons. The van der Waals surface area contributed by atoms with Crippen molar-refractivity contribution in [1.29, 1.82) is 0 Å². The Bertz CT molecular complexity index is 517. The van der Waals surface area contributed by atoms with Gasteiger partial charge in [-0.2, -0.15) is 0 Å². The van der Waals surface area contributed by atoms with E-state index in [2.05, 4.69) is 15.3 Å².